The highest BCUT2D eigenvalue weighted by Gasteiger charge is 2.04. The monoisotopic (exact) mass is 101 g/mol. The fraction of sp³-hybridized carbons (Fsp3) is 0.667. The summed E-state index contributed by atoms with van der Waals surface area (Å²) in [4.78, 5) is 4.69. The lowest BCUT2D eigenvalue weighted by molar-refractivity contribution is 0.122. The molecule has 0 bridgehead atoms. The van der Waals surface area contributed by atoms with Crippen LogP contribution in [-0.2, 0) is 4.84 Å². The quantitative estimate of drug-likeness (QED) is 0.309. The van der Waals surface area contributed by atoms with Gasteiger partial charge >= 0.3 is 0 Å². The number of nitrogens with zero attached hydrogens (tertiary/aromatic N) is 1. The van der Waals surface area contributed by atoms with Crippen molar-refractivity contribution in [3.05, 3.63) is 0 Å². The Morgan fingerprint density at radius 2 is 2.71 bits per heavy atom. The minimum atomic E-state index is 0.677. The van der Waals surface area contributed by atoms with Gasteiger partial charge in [-0.1, -0.05) is 0 Å². The van der Waals surface area contributed by atoms with Crippen LogP contribution >= 0.6 is 0 Å². The molecule has 0 atom stereocenters. The summed E-state index contributed by atoms with van der Waals surface area (Å²) in [6, 6.07) is 0. The molecule has 0 aromatic carbocycles. The largest absolute Gasteiger partial charge is 0.322 e. The predicted molar refractivity (Wildman–Crippen MR) is 25.3 cm³/mol. The zero-order valence-corrected chi connectivity index (χ0v) is 3.85. The lowest BCUT2D eigenvalue weighted by Gasteiger charge is -1.87. The van der Waals surface area contributed by atoms with Crippen molar-refractivity contribution in [1.82, 2.24) is 5.48 Å². The molecule has 1 heterocycles. The molecule has 0 saturated carbocycles. The standard InChI is InChI=1S/C3H7N3O/c4-5-3-1-2-7-6-3/h1-2,4H2,(H,5,6). The number of hydrogen-bond acceptors (Lipinski definition) is 3. The first-order valence-electron chi connectivity index (χ1n) is 2.08. The highest BCUT2D eigenvalue weighted by Crippen LogP contribution is 1.89. The lowest BCUT2D eigenvalue weighted by atomic mass is 10.5. The Hall–Kier alpha value is -0.770. The normalized spacial score (nSPS) is 25.4. The van der Waals surface area contributed by atoms with E-state index in [0.717, 1.165) is 12.3 Å². The van der Waals surface area contributed by atoms with E-state index >= 15 is 0 Å². The van der Waals surface area contributed by atoms with Gasteiger partial charge in [-0.15, -0.1) is 0 Å². The first-order valence-corrected chi connectivity index (χ1v) is 2.08. The van der Waals surface area contributed by atoms with Crippen LogP contribution in [0.1, 0.15) is 6.42 Å². The van der Waals surface area contributed by atoms with E-state index < -0.39 is 0 Å². The molecule has 0 radical (unpaired) electrons. The highest BCUT2D eigenvalue weighted by molar-refractivity contribution is 5.82. The molecule has 0 spiro atoms. The number of hydrogen-bond donors (Lipinski definition) is 2. The molecular weight excluding hydrogens is 94.1 g/mol. The van der Waals surface area contributed by atoms with Crippen molar-refractivity contribution >= 4 is 5.84 Å². The molecule has 0 unspecified atom stereocenters. The maximum absolute atomic E-state index is 4.88. The van der Waals surface area contributed by atoms with Crippen LogP contribution in [0.3, 0.4) is 0 Å². The van der Waals surface area contributed by atoms with Gasteiger partial charge in [0, 0.05) is 6.42 Å². The first-order chi connectivity index (χ1) is 3.43. The van der Waals surface area contributed by atoms with Crippen molar-refractivity contribution in [2.75, 3.05) is 6.61 Å². The van der Waals surface area contributed by atoms with Crippen molar-refractivity contribution < 1.29 is 4.84 Å². The minimum Gasteiger partial charge on any atom is -0.322 e. The molecule has 40 valence electrons. The van der Waals surface area contributed by atoms with Crippen molar-refractivity contribution in [2.45, 2.75) is 6.42 Å². The Bertz CT molecular complexity index is 82.2. The molecule has 0 aromatic heterocycles. The van der Waals surface area contributed by atoms with Crippen LogP contribution in [0.25, 0.3) is 0 Å². The number of hydroxylamine groups is 1. The van der Waals surface area contributed by atoms with Crippen LogP contribution in [0.5, 0.6) is 0 Å². The summed E-state index contributed by atoms with van der Waals surface area (Å²) in [5.41, 5.74) is 2.53. The third kappa shape index (κ3) is 0.806. The molecule has 3 N–H and O–H groups in total. The zero-order chi connectivity index (χ0) is 5.11. The molecule has 1 fully saturated rings. The van der Waals surface area contributed by atoms with Gasteiger partial charge in [0.1, 0.15) is 5.84 Å². The van der Waals surface area contributed by atoms with E-state index in [1.807, 2.05) is 0 Å². The van der Waals surface area contributed by atoms with Gasteiger partial charge in [0.2, 0.25) is 0 Å². The van der Waals surface area contributed by atoms with Gasteiger partial charge < -0.3 is 5.84 Å². The van der Waals surface area contributed by atoms with Gasteiger partial charge in [-0.3, -0.25) is 10.3 Å². The number of hydrazone groups is 1. The van der Waals surface area contributed by atoms with Gasteiger partial charge in [0.15, 0.2) is 0 Å². The fourth-order valence-electron chi connectivity index (χ4n) is 0.424. The maximum atomic E-state index is 4.88. The van der Waals surface area contributed by atoms with Crippen LogP contribution in [0, 0.1) is 0 Å². The minimum absolute atomic E-state index is 0.677. The number of amidine groups is 1. The number of rotatable bonds is 0. The van der Waals surface area contributed by atoms with Crippen LogP contribution < -0.4 is 11.3 Å². The van der Waals surface area contributed by atoms with Crippen molar-refractivity contribution in [1.29, 1.82) is 0 Å². The van der Waals surface area contributed by atoms with E-state index in [-0.39, 0.29) is 0 Å². The molecule has 1 aliphatic heterocycles. The Balaban J connectivity index is 2.41. The summed E-state index contributed by atoms with van der Waals surface area (Å²) in [6.45, 7) is 0.677. The van der Waals surface area contributed by atoms with Crippen molar-refractivity contribution in [2.24, 2.45) is 10.9 Å². The van der Waals surface area contributed by atoms with Crippen LogP contribution in [0.15, 0.2) is 5.10 Å². The first kappa shape index (κ1) is 4.39. The van der Waals surface area contributed by atoms with Crippen molar-refractivity contribution in [3.63, 3.8) is 0 Å². The Morgan fingerprint density at radius 1 is 1.86 bits per heavy atom. The van der Waals surface area contributed by atoms with E-state index in [9.17, 15) is 0 Å². The third-order valence-electron chi connectivity index (χ3n) is 0.787. The molecule has 4 heteroatoms. The summed E-state index contributed by atoms with van der Waals surface area (Å²) in [5, 5.41) is 3.37. The molecule has 0 aromatic rings. The molecule has 1 saturated heterocycles. The molecular formula is C3H7N3O. The van der Waals surface area contributed by atoms with E-state index in [1.54, 1.807) is 0 Å². The summed E-state index contributed by atoms with van der Waals surface area (Å²) in [5.74, 6) is 5.60. The summed E-state index contributed by atoms with van der Waals surface area (Å²) >= 11 is 0. The predicted octanol–water partition coefficient (Wildman–Crippen LogP) is -0.817. The molecule has 1 aliphatic rings. The number of nitrogens with two attached hydrogens (primary N) is 1. The molecule has 4 nitrogen and oxygen atoms in total. The smallest absolute Gasteiger partial charge is 0.148 e. The van der Waals surface area contributed by atoms with E-state index in [1.165, 1.54) is 0 Å². The van der Waals surface area contributed by atoms with Gasteiger partial charge in [-0.2, -0.15) is 5.10 Å². The van der Waals surface area contributed by atoms with E-state index in [4.69, 9.17) is 5.84 Å². The summed E-state index contributed by atoms with van der Waals surface area (Å²) in [6.07, 6.45) is 0.802. The van der Waals surface area contributed by atoms with E-state index in [2.05, 4.69) is 15.4 Å². The Morgan fingerprint density at radius 3 is 3.00 bits per heavy atom. The van der Waals surface area contributed by atoms with Gasteiger partial charge in [0.25, 0.3) is 0 Å². The average molecular weight is 101 g/mol. The summed E-state index contributed by atoms with van der Waals surface area (Å²) < 4.78 is 0. The van der Waals surface area contributed by atoms with Crippen LogP contribution in [0.4, 0.5) is 0 Å². The van der Waals surface area contributed by atoms with E-state index in [0.29, 0.717) is 6.61 Å². The summed E-state index contributed by atoms with van der Waals surface area (Å²) in [7, 11) is 0. The molecule has 0 aliphatic carbocycles. The zero-order valence-electron chi connectivity index (χ0n) is 3.85. The second kappa shape index (κ2) is 1.79. The Labute approximate surface area is 41.3 Å². The van der Waals surface area contributed by atoms with Crippen LogP contribution in [0.2, 0.25) is 0 Å². The average Bonchev–Trinajstić information content (AvgIpc) is 2.14. The SMILES string of the molecule is NN=C1CCON1. The lowest BCUT2D eigenvalue weighted by Crippen LogP contribution is -2.14. The van der Waals surface area contributed by atoms with Crippen molar-refractivity contribution in [3.8, 4) is 0 Å². The third-order valence-corrected chi connectivity index (χ3v) is 0.787. The van der Waals surface area contributed by atoms with Gasteiger partial charge in [0.05, 0.1) is 6.61 Å². The van der Waals surface area contributed by atoms with Crippen LogP contribution in [-0.4, -0.2) is 12.4 Å². The second-order valence-corrected chi connectivity index (χ2v) is 1.28. The topological polar surface area (TPSA) is 59.6 Å². The number of nitrogens with one attached hydrogen (secondary N) is 1. The highest BCUT2D eigenvalue weighted by atomic mass is 16.7. The Kier molecular flexibility index (Phi) is 1.12. The molecule has 7 heavy (non-hydrogen) atoms. The molecule has 0 amide bonds. The maximum Gasteiger partial charge on any atom is 0.148 e. The second-order valence-electron chi connectivity index (χ2n) is 1.28. The van der Waals surface area contributed by atoms with Gasteiger partial charge in [-0.25, -0.2) is 0 Å². The molecule has 1 rings (SSSR count). The fourth-order valence-corrected chi connectivity index (χ4v) is 0.424. The van der Waals surface area contributed by atoms with Gasteiger partial charge in [-0.05, 0) is 0 Å².